The van der Waals surface area contributed by atoms with Crippen LogP contribution >= 0.6 is 0 Å². The highest BCUT2D eigenvalue weighted by molar-refractivity contribution is 5.97. The molecule has 6 nitrogen and oxygen atoms in total. The molecule has 0 aliphatic heterocycles. The minimum absolute atomic E-state index is 0.121. The van der Waals surface area contributed by atoms with E-state index in [2.05, 4.69) is 10.6 Å². The summed E-state index contributed by atoms with van der Waals surface area (Å²) in [4.78, 5) is 24.1. The Balaban J connectivity index is 1.56. The Morgan fingerprint density at radius 3 is 2.56 bits per heavy atom. The van der Waals surface area contributed by atoms with Gasteiger partial charge in [-0.05, 0) is 43.2 Å². The van der Waals surface area contributed by atoms with E-state index < -0.39 is 0 Å². The quantitative estimate of drug-likeness (QED) is 0.812. The number of carbonyl (C=O) groups is 2. The van der Waals surface area contributed by atoms with Gasteiger partial charge in [0, 0.05) is 17.3 Å². The van der Waals surface area contributed by atoms with E-state index in [1.54, 1.807) is 49.6 Å². The largest absolute Gasteiger partial charge is 0.493 e. The summed E-state index contributed by atoms with van der Waals surface area (Å²) >= 11 is 0. The normalized spacial score (nSPS) is 13.0. The van der Waals surface area contributed by atoms with Crippen molar-refractivity contribution in [3.63, 3.8) is 0 Å². The molecule has 0 radical (unpaired) electrons. The van der Waals surface area contributed by atoms with E-state index in [1.807, 2.05) is 6.07 Å². The number of methoxy groups -OCH3 is 1. The van der Waals surface area contributed by atoms with Gasteiger partial charge in [0.25, 0.3) is 11.8 Å². The summed E-state index contributed by atoms with van der Waals surface area (Å²) in [5, 5.41) is 5.65. The van der Waals surface area contributed by atoms with E-state index in [1.165, 1.54) is 0 Å². The molecule has 2 N–H and O–H groups in total. The van der Waals surface area contributed by atoms with Crippen LogP contribution in [-0.4, -0.2) is 31.6 Å². The first-order valence-corrected chi connectivity index (χ1v) is 8.12. The lowest BCUT2D eigenvalue weighted by Gasteiger charge is -2.11. The second kappa shape index (κ2) is 7.70. The summed E-state index contributed by atoms with van der Waals surface area (Å²) in [6.45, 7) is -0.154. The zero-order chi connectivity index (χ0) is 17.6. The van der Waals surface area contributed by atoms with E-state index in [4.69, 9.17) is 9.47 Å². The van der Waals surface area contributed by atoms with E-state index in [9.17, 15) is 9.59 Å². The fourth-order valence-electron chi connectivity index (χ4n) is 2.31. The van der Waals surface area contributed by atoms with Crippen LogP contribution in [0.25, 0.3) is 0 Å². The summed E-state index contributed by atoms with van der Waals surface area (Å²) < 4.78 is 10.7. The molecule has 1 aliphatic carbocycles. The van der Waals surface area contributed by atoms with Gasteiger partial charge >= 0.3 is 0 Å². The van der Waals surface area contributed by atoms with Crippen molar-refractivity contribution in [2.45, 2.75) is 18.9 Å². The van der Waals surface area contributed by atoms with Gasteiger partial charge in [0.2, 0.25) is 0 Å². The molecule has 2 aromatic carbocycles. The Bertz CT molecular complexity index is 772. The minimum Gasteiger partial charge on any atom is -0.493 e. The maximum atomic E-state index is 12.1. The number of hydrogen-bond acceptors (Lipinski definition) is 4. The van der Waals surface area contributed by atoms with Crippen LogP contribution in [-0.2, 0) is 4.79 Å². The number of amides is 2. The first kappa shape index (κ1) is 16.8. The van der Waals surface area contributed by atoms with Crippen molar-refractivity contribution in [1.29, 1.82) is 0 Å². The van der Waals surface area contributed by atoms with Crippen molar-refractivity contribution in [3.8, 4) is 11.5 Å². The smallest absolute Gasteiger partial charge is 0.262 e. The summed E-state index contributed by atoms with van der Waals surface area (Å²) in [6.07, 6.45) is 2.06. The first-order chi connectivity index (χ1) is 12.2. The maximum Gasteiger partial charge on any atom is 0.262 e. The Labute approximate surface area is 146 Å². The minimum atomic E-state index is -0.314. The summed E-state index contributed by atoms with van der Waals surface area (Å²) in [5.74, 6) is 0.626. The van der Waals surface area contributed by atoms with Crippen molar-refractivity contribution in [3.05, 3.63) is 54.1 Å². The molecular formula is C19H20N2O4. The van der Waals surface area contributed by atoms with Gasteiger partial charge in [0.1, 0.15) is 0 Å². The number of hydrogen-bond donors (Lipinski definition) is 2. The topological polar surface area (TPSA) is 76.7 Å². The highest BCUT2D eigenvalue weighted by Gasteiger charge is 2.23. The lowest BCUT2D eigenvalue weighted by Crippen LogP contribution is -2.25. The number of carbonyl (C=O) groups excluding carboxylic acids is 2. The van der Waals surface area contributed by atoms with Crippen LogP contribution < -0.4 is 20.1 Å². The molecule has 2 amide bonds. The lowest BCUT2D eigenvalue weighted by molar-refractivity contribution is -0.118. The third-order valence-electron chi connectivity index (χ3n) is 3.75. The lowest BCUT2D eigenvalue weighted by atomic mass is 10.2. The maximum absolute atomic E-state index is 12.1. The molecule has 0 spiro atoms. The fourth-order valence-corrected chi connectivity index (χ4v) is 2.31. The second-order valence-corrected chi connectivity index (χ2v) is 5.82. The van der Waals surface area contributed by atoms with Crippen molar-refractivity contribution in [2.75, 3.05) is 19.0 Å². The van der Waals surface area contributed by atoms with Crippen molar-refractivity contribution >= 4 is 17.5 Å². The third-order valence-corrected chi connectivity index (χ3v) is 3.75. The molecule has 1 saturated carbocycles. The molecule has 0 bridgehead atoms. The van der Waals surface area contributed by atoms with E-state index >= 15 is 0 Å². The van der Waals surface area contributed by atoms with Crippen LogP contribution in [0.3, 0.4) is 0 Å². The van der Waals surface area contributed by atoms with Crippen LogP contribution in [0.4, 0.5) is 5.69 Å². The molecule has 1 aliphatic rings. The third kappa shape index (κ3) is 4.73. The molecule has 0 atom stereocenters. The molecule has 0 aromatic heterocycles. The van der Waals surface area contributed by atoms with Gasteiger partial charge < -0.3 is 20.1 Å². The Kier molecular flexibility index (Phi) is 5.18. The standard InChI is InChI=1S/C19H20N2O4/c1-24-16-7-2-3-8-17(16)25-12-18(22)20-15-6-4-5-13(11-15)19(23)21-14-9-10-14/h2-8,11,14H,9-10,12H2,1H3,(H,20,22)(H,21,23). The van der Waals surface area contributed by atoms with Gasteiger partial charge in [-0.15, -0.1) is 0 Å². The second-order valence-electron chi connectivity index (χ2n) is 5.82. The molecule has 0 unspecified atom stereocenters. The van der Waals surface area contributed by atoms with Crippen LogP contribution in [0.5, 0.6) is 11.5 Å². The predicted molar refractivity (Wildman–Crippen MR) is 94.0 cm³/mol. The van der Waals surface area contributed by atoms with Gasteiger partial charge in [-0.3, -0.25) is 9.59 Å². The van der Waals surface area contributed by atoms with E-state index in [-0.39, 0.29) is 18.4 Å². The molecule has 25 heavy (non-hydrogen) atoms. The van der Waals surface area contributed by atoms with Gasteiger partial charge in [0.05, 0.1) is 7.11 Å². The molecule has 0 saturated heterocycles. The molecule has 0 heterocycles. The number of rotatable bonds is 7. The van der Waals surface area contributed by atoms with Crippen LogP contribution in [0.1, 0.15) is 23.2 Å². The summed E-state index contributed by atoms with van der Waals surface area (Å²) in [6, 6.07) is 14.2. The summed E-state index contributed by atoms with van der Waals surface area (Å²) in [7, 11) is 1.54. The van der Waals surface area contributed by atoms with Crippen LogP contribution in [0, 0.1) is 0 Å². The predicted octanol–water partition coefficient (Wildman–Crippen LogP) is 2.60. The molecule has 6 heteroatoms. The monoisotopic (exact) mass is 340 g/mol. The SMILES string of the molecule is COc1ccccc1OCC(=O)Nc1cccc(C(=O)NC2CC2)c1. The van der Waals surface area contributed by atoms with E-state index in [0.29, 0.717) is 28.8 Å². The molecule has 3 rings (SSSR count). The zero-order valence-electron chi connectivity index (χ0n) is 14.0. The molecular weight excluding hydrogens is 320 g/mol. The van der Waals surface area contributed by atoms with Gasteiger partial charge in [0.15, 0.2) is 18.1 Å². The number of benzene rings is 2. The molecule has 1 fully saturated rings. The number of anilines is 1. The van der Waals surface area contributed by atoms with Gasteiger partial charge in [-0.25, -0.2) is 0 Å². The Hall–Kier alpha value is -3.02. The zero-order valence-corrected chi connectivity index (χ0v) is 14.0. The highest BCUT2D eigenvalue weighted by Crippen LogP contribution is 2.25. The average molecular weight is 340 g/mol. The van der Waals surface area contributed by atoms with Crippen molar-refractivity contribution in [2.24, 2.45) is 0 Å². The summed E-state index contributed by atoms with van der Waals surface area (Å²) in [5.41, 5.74) is 1.08. The Morgan fingerprint density at radius 1 is 1.08 bits per heavy atom. The van der Waals surface area contributed by atoms with Crippen molar-refractivity contribution in [1.82, 2.24) is 5.32 Å². The number of nitrogens with one attached hydrogen (secondary N) is 2. The van der Waals surface area contributed by atoms with Gasteiger partial charge in [-0.2, -0.15) is 0 Å². The van der Waals surface area contributed by atoms with E-state index in [0.717, 1.165) is 12.8 Å². The first-order valence-electron chi connectivity index (χ1n) is 8.12. The van der Waals surface area contributed by atoms with Crippen molar-refractivity contribution < 1.29 is 19.1 Å². The fraction of sp³-hybridized carbons (Fsp3) is 0.263. The van der Waals surface area contributed by atoms with Gasteiger partial charge in [-0.1, -0.05) is 18.2 Å². The van der Waals surface area contributed by atoms with Crippen LogP contribution in [0.2, 0.25) is 0 Å². The molecule has 130 valence electrons. The Morgan fingerprint density at radius 2 is 1.84 bits per heavy atom. The highest BCUT2D eigenvalue weighted by atomic mass is 16.5. The molecule has 2 aromatic rings. The number of ether oxygens (including phenoxy) is 2. The average Bonchev–Trinajstić information content (AvgIpc) is 3.44. The number of para-hydroxylation sites is 2. The van der Waals surface area contributed by atoms with Crippen LogP contribution in [0.15, 0.2) is 48.5 Å².